The van der Waals surface area contributed by atoms with Crippen LogP contribution >= 0.6 is 11.6 Å². The molecule has 118 valence electrons. The molecule has 1 aromatic carbocycles. The van der Waals surface area contributed by atoms with Gasteiger partial charge in [-0.05, 0) is 24.0 Å². The molecule has 21 heavy (non-hydrogen) atoms. The third kappa shape index (κ3) is 4.18. The van der Waals surface area contributed by atoms with Crippen molar-refractivity contribution in [2.75, 3.05) is 13.1 Å². The van der Waals surface area contributed by atoms with Crippen LogP contribution in [0.2, 0.25) is 5.02 Å². The van der Waals surface area contributed by atoms with Gasteiger partial charge in [0.05, 0.1) is 0 Å². The first kappa shape index (κ1) is 16.7. The van der Waals surface area contributed by atoms with Gasteiger partial charge in [-0.15, -0.1) is 0 Å². The molecule has 2 nitrogen and oxygen atoms in total. The van der Waals surface area contributed by atoms with Crippen molar-refractivity contribution in [1.82, 2.24) is 10.2 Å². The van der Waals surface area contributed by atoms with Crippen molar-refractivity contribution in [3.8, 4) is 0 Å². The fourth-order valence-corrected chi connectivity index (χ4v) is 3.06. The largest absolute Gasteiger partial charge is 0.311 e. The standard InChI is InChI=1S/C17H26ClFN2/c1-5-14-9-20-16(17(2,3)4)11-21(14)10-12-6-7-13(18)8-15(12)19/h6-8,14,16,20H,5,9-11H2,1-4H3. The molecule has 0 amide bonds. The Morgan fingerprint density at radius 3 is 2.67 bits per heavy atom. The minimum absolute atomic E-state index is 0.204. The van der Waals surface area contributed by atoms with E-state index in [0.717, 1.165) is 25.1 Å². The van der Waals surface area contributed by atoms with Crippen molar-refractivity contribution in [1.29, 1.82) is 0 Å². The van der Waals surface area contributed by atoms with Crippen molar-refractivity contribution < 1.29 is 4.39 Å². The summed E-state index contributed by atoms with van der Waals surface area (Å²) in [5.41, 5.74) is 0.933. The fraction of sp³-hybridized carbons (Fsp3) is 0.647. The van der Waals surface area contributed by atoms with Crippen molar-refractivity contribution in [3.63, 3.8) is 0 Å². The van der Waals surface area contributed by atoms with Crippen LogP contribution in [0.3, 0.4) is 0 Å². The van der Waals surface area contributed by atoms with Gasteiger partial charge in [0, 0.05) is 42.3 Å². The average molecular weight is 313 g/mol. The summed E-state index contributed by atoms with van der Waals surface area (Å²) >= 11 is 5.84. The molecule has 1 aromatic rings. The monoisotopic (exact) mass is 312 g/mol. The van der Waals surface area contributed by atoms with E-state index in [4.69, 9.17) is 11.6 Å². The summed E-state index contributed by atoms with van der Waals surface area (Å²) in [5, 5.41) is 4.10. The second-order valence-corrected chi connectivity index (χ2v) is 7.49. The second kappa shape index (κ2) is 6.64. The van der Waals surface area contributed by atoms with Gasteiger partial charge in [0.15, 0.2) is 0 Å². The van der Waals surface area contributed by atoms with Crippen LogP contribution in [0.1, 0.15) is 39.7 Å². The zero-order valence-corrected chi connectivity index (χ0v) is 14.2. The first-order chi connectivity index (χ1) is 9.81. The van der Waals surface area contributed by atoms with E-state index in [1.54, 1.807) is 12.1 Å². The fourth-order valence-electron chi connectivity index (χ4n) is 2.90. The molecule has 1 N–H and O–H groups in total. The van der Waals surface area contributed by atoms with E-state index in [1.165, 1.54) is 6.07 Å². The molecule has 0 bridgehead atoms. The molecule has 1 fully saturated rings. The van der Waals surface area contributed by atoms with Crippen LogP contribution in [0.15, 0.2) is 18.2 Å². The van der Waals surface area contributed by atoms with Crippen LogP contribution in [-0.4, -0.2) is 30.1 Å². The van der Waals surface area contributed by atoms with Gasteiger partial charge < -0.3 is 5.32 Å². The summed E-state index contributed by atoms with van der Waals surface area (Å²) in [6.45, 7) is 11.5. The van der Waals surface area contributed by atoms with E-state index in [9.17, 15) is 4.39 Å². The lowest BCUT2D eigenvalue weighted by molar-refractivity contribution is 0.0766. The van der Waals surface area contributed by atoms with Crippen LogP contribution in [0.4, 0.5) is 4.39 Å². The highest BCUT2D eigenvalue weighted by atomic mass is 35.5. The van der Waals surface area contributed by atoms with Gasteiger partial charge in [0.1, 0.15) is 5.82 Å². The number of nitrogens with one attached hydrogen (secondary N) is 1. The number of nitrogens with zero attached hydrogens (tertiary/aromatic N) is 1. The maximum Gasteiger partial charge on any atom is 0.129 e. The second-order valence-electron chi connectivity index (χ2n) is 7.05. The quantitative estimate of drug-likeness (QED) is 0.905. The molecule has 0 spiro atoms. The summed E-state index contributed by atoms with van der Waals surface area (Å²) in [4.78, 5) is 2.40. The Morgan fingerprint density at radius 2 is 2.10 bits per heavy atom. The SMILES string of the molecule is CCC1CNC(C(C)(C)C)CN1Cc1ccc(Cl)cc1F. The van der Waals surface area contributed by atoms with Crippen molar-refractivity contribution in [2.45, 2.75) is 52.7 Å². The Labute approximate surface area is 132 Å². The topological polar surface area (TPSA) is 15.3 Å². The molecule has 2 unspecified atom stereocenters. The first-order valence-electron chi connectivity index (χ1n) is 7.72. The number of halogens is 2. The number of piperazine rings is 1. The van der Waals surface area contributed by atoms with Gasteiger partial charge in [0.2, 0.25) is 0 Å². The number of hydrogen-bond donors (Lipinski definition) is 1. The summed E-state index contributed by atoms with van der Waals surface area (Å²) in [7, 11) is 0. The Balaban J connectivity index is 2.14. The molecule has 1 heterocycles. The zero-order chi connectivity index (χ0) is 15.6. The summed E-state index contributed by atoms with van der Waals surface area (Å²) in [6, 6.07) is 5.86. The van der Waals surface area contributed by atoms with E-state index in [1.807, 2.05) is 0 Å². The van der Waals surface area contributed by atoms with E-state index in [0.29, 0.717) is 23.7 Å². The lowest BCUT2D eigenvalue weighted by atomic mass is 9.84. The van der Waals surface area contributed by atoms with Crippen LogP contribution < -0.4 is 5.32 Å². The number of benzene rings is 1. The van der Waals surface area contributed by atoms with E-state index in [-0.39, 0.29) is 11.2 Å². The van der Waals surface area contributed by atoms with Gasteiger partial charge >= 0.3 is 0 Å². The third-order valence-corrected chi connectivity index (χ3v) is 4.67. The van der Waals surface area contributed by atoms with Crippen molar-refractivity contribution >= 4 is 11.6 Å². The first-order valence-corrected chi connectivity index (χ1v) is 8.10. The number of rotatable bonds is 3. The van der Waals surface area contributed by atoms with Gasteiger partial charge in [-0.2, -0.15) is 0 Å². The maximum absolute atomic E-state index is 14.0. The molecule has 2 rings (SSSR count). The molecule has 0 saturated carbocycles. The minimum Gasteiger partial charge on any atom is -0.311 e. The van der Waals surface area contributed by atoms with Gasteiger partial charge in [-0.3, -0.25) is 4.90 Å². The average Bonchev–Trinajstić information content (AvgIpc) is 2.41. The van der Waals surface area contributed by atoms with Crippen LogP contribution in [0, 0.1) is 11.2 Å². The zero-order valence-electron chi connectivity index (χ0n) is 13.4. The smallest absolute Gasteiger partial charge is 0.129 e. The lowest BCUT2D eigenvalue weighted by Crippen LogP contribution is -2.59. The van der Waals surface area contributed by atoms with Crippen molar-refractivity contribution in [2.24, 2.45) is 5.41 Å². The molecule has 1 aliphatic rings. The molecular weight excluding hydrogens is 287 g/mol. The summed E-state index contributed by atoms with van der Waals surface area (Å²) in [6.07, 6.45) is 1.07. The van der Waals surface area contributed by atoms with Crippen molar-refractivity contribution in [3.05, 3.63) is 34.6 Å². The summed E-state index contributed by atoms with van der Waals surface area (Å²) < 4.78 is 14.0. The van der Waals surface area contributed by atoms with E-state index < -0.39 is 0 Å². The molecular formula is C17H26ClFN2. The van der Waals surface area contributed by atoms with Gasteiger partial charge in [-0.1, -0.05) is 45.4 Å². The number of hydrogen-bond acceptors (Lipinski definition) is 2. The van der Waals surface area contributed by atoms with E-state index >= 15 is 0 Å². The van der Waals surface area contributed by atoms with Crippen LogP contribution in [0.5, 0.6) is 0 Å². The third-order valence-electron chi connectivity index (χ3n) is 4.44. The maximum atomic E-state index is 14.0. The van der Waals surface area contributed by atoms with E-state index in [2.05, 4.69) is 37.9 Å². The lowest BCUT2D eigenvalue weighted by Gasteiger charge is -2.45. The molecule has 2 atom stereocenters. The molecule has 1 saturated heterocycles. The van der Waals surface area contributed by atoms with Crippen LogP contribution in [0.25, 0.3) is 0 Å². The highest BCUT2D eigenvalue weighted by Crippen LogP contribution is 2.26. The molecule has 0 radical (unpaired) electrons. The summed E-state index contributed by atoms with van der Waals surface area (Å²) in [5.74, 6) is -0.205. The normalized spacial score (nSPS) is 24.3. The highest BCUT2D eigenvalue weighted by Gasteiger charge is 2.33. The van der Waals surface area contributed by atoms with Crippen LogP contribution in [-0.2, 0) is 6.54 Å². The molecule has 1 aliphatic heterocycles. The molecule has 0 aliphatic carbocycles. The molecule has 4 heteroatoms. The highest BCUT2D eigenvalue weighted by molar-refractivity contribution is 6.30. The Kier molecular flexibility index (Phi) is 5.29. The Bertz CT molecular complexity index is 484. The Hall–Kier alpha value is -0.640. The predicted octanol–water partition coefficient (Wildman–Crippen LogP) is 4.08. The Morgan fingerprint density at radius 1 is 1.38 bits per heavy atom. The van der Waals surface area contributed by atoms with Gasteiger partial charge in [0.25, 0.3) is 0 Å². The molecule has 0 aromatic heterocycles. The van der Waals surface area contributed by atoms with Gasteiger partial charge in [-0.25, -0.2) is 4.39 Å². The predicted molar refractivity (Wildman–Crippen MR) is 87.1 cm³/mol. The minimum atomic E-state index is -0.205.